The fourth-order valence-electron chi connectivity index (χ4n) is 2.38. The van der Waals surface area contributed by atoms with E-state index in [-0.39, 0.29) is 0 Å². The maximum atomic E-state index is 4.18. The summed E-state index contributed by atoms with van der Waals surface area (Å²) >= 11 is 4.00. The summed E-state index contributed by atoms with van der Waals surface area (Å²) in [7, 11) is 3.93. The molecule has 6 heteroatoms. The lowest BCUT2D eigenvalue weighted by Crippen LogP contribution is -2.17. The zero-order valence-corrected chi connectivity index (χ0v) is 12.9. The normalized spacial score (nSPS) is 16.3. The van der Waals surface area contributed by atoms with Gasteiger partial charge in [0.05, 0.1) is 5.69 Å². The second-order valence-electron chi connectivity index (χ2n) is 4.83. The molecule has 1 N–H and O–H groups in total. The van der Waals surface area contributed by atoms with E-state index in [4.69, 9.17) is 0 Å². The van der Waals surface area contributed by atoms with E-state index in [1.807, 2.05) is 43.4 Å². The molecular weight excluding hydrogens is 276 g/mol. The van der Waals surface area contributed by atoms with Crippen LogP contribution in [0.15, 0.2) is 12.3 Å². The van der Waals surface area contributed by atoms with Crippen LogP contribution in [0.3, 0.4) is 0 Å². The molecule has 3 heterocycles. The van der Waals surface area contributed by atoms with Crippen LogP contribution in [0.5, 0.6) is 0 Å². The SMILES string of the molecule is CNC(Cc1cn(C)nn1)c1cc2c(s1)CCSC2. The predicted molar refractivity (Wildman–Crippen MR) is 80.7 cm³/mol. The molecule has 1 unspecified atom stereocenters. The number of hydrogen-bond acceptors (Lipinski definition) is 5. The smallest absolute Gasteiger partial charge is 0.0846 e. The van der Waals surface area contributed by atoms with Gasteiger partial charge in [-0.15, -0.1) is 16.4 Å². The van der Waals surface area contributed by atoms with Crippen molar-refractivity contribution < 1.29 is 0 Å². The fourth-order valence-corrected chi connectivity index (χ4v) is 4.87. The van der Waals surface area contributed by atoms with Crippen LogP contribution in [-0.2, 0) is 25.6 Å². The molecule has 19 heavy (non-hydrogen) atoms. The number of fused-ring (bicyclic) bond motifs is 1. The molecule has 1 aliphatic heterocycles. The average molecular weight is 294 g/mol. The lowest BCUT2D eigenvalue weighted by Gasteiger charge is -2.12. The van der Waals surface area contributed by atoms with Crippen LogP contribution in [0.4, 0.5) is 0 Å². The Morgan fingerprint density at radius 2 is 2.42 bits per heavy atom. The summed E-state index contributed by atoms with van der Waals surface area (Å²) in [6.07, 6.45) is 4.12. The minimum Gasteiger partial charge on any atom is -0.312 e. The van der Waals surface area contributed by atoms with Crippen molar-refractivity contribution in [2.24, 2.45) is 7.05 Å². The van der Waals surface area contributed by atoms with Crippen molar-refractivity contribution in [3.8, 4) is 0 Å². The first-order valence-electron chi connectivity index (χ1n) is 6.48. The molecule has 4 nitrogen and oxygen atoms in total. The topological polar surface area (TPSA) is 42.7 Å². The minimum absolute atomic E-state index is 0.345. The van der Waals surface area contributed by atoms with Gasteiger partial charge in [0.2, 0.25) is 0 Å². The largest absolute Gasteiger partial charge is 0.312 e. The summed E-state index contributed by atoms with van der Waals surface area (Å²) in [6, 6.07) is 2.72. The van der Waals surface area contributed by atoms with Gasteiger partial charge in [0.1, 0.15) is 0 Å². The molecule has 2 aromatic heterocycles. The molecule has 2 aromatic rings. The van der Waals surface area contributed by atoms with Crippen molar-refractivity contribution in [1.29, 1.82) is 0 Å². The van der Waals surface area contributed by atoms with E-state index in [0.717, 1.165) is 12.1 Å². The van der Waals surface area contributed by atoms with Crippen LogP contribution in [-0.4, -0.2) is 27.8 Å². The number of nitrogens with zero attached hydrogens (tertiary/aromatic N) is 3. The highest BCUT2D eigenvalue weighted by Gasteiger charge is 2.19. The lowest BCUT2D eigenvalue weighted by atomic mass is 10.1. The molecule has 0 radical (unpaired) electrons. The van der Waals surface area contributed by atoms with Gasteiger partial charge in [-0.2, -0.15) is 11.8 Å². The summed E-state index contributed by atoms with van der Waals surface area (Å²) in [6.45, 7) is 0. The van der Waals surface area contributed by atoms with E-state index in [1.165, 1.54) is 28.4 Å². The number of thiophene rings is 1. The Morgan fingerprint density at radius 3 is 3.11 bits per heavy atom. The van der Waals surface area contributed by atoms with Crippen LogP contribution in [0.2, 0.25) is 0 Å². The van der Waals surface area contributed by atoms with Crippen LogP contribution in [0.25, 0.3) is 0 Å². The molecule has 102 valence electrons. The van der Waals surface area contributed by atoms with E-state index >= 15 is 0 Å². The molecule has 0 amide bonds. The van der Waals surface area contributed by atoms with E-state index in [1.54, 1.807) is 9.56 Å². The molecule has 1 atom stereocenters. The maximum absolute atomic E-state index is 4.18. The summed E-state index contributed by atoms with van der Waals surface area (Å²) in [5, 5.41) is 11.6. The first-order chi connectivity index (χ1) is 9.26. The molecular formula is C13H18N4S2. The summed E-state index contributed by atoms with van der Waals surface area (Å²) in [5.74, 6) is 2.44. The number of rotatable bonds is 4. The quantitative estimate of drug-likeness (QED) is 0.938. The van der Waals surface area contributed by atoms with Crippen molar-refractivity contribution >= 4 is 23.1 Å². The Bertz CT molecular complexity index is 537. The van der Waals surface area contributed by atoms with E-state index < -0.39 is 0 Å². The Balaban J connectivity index is 1.79. The molecule has 0 spiro atoms. The van der Waals surface area contributed by atoms with Crippen LogP contribution >= 0.6 is 23.1 Å². The van der Waals surface area contributed by atoms with Gasteiger partial charge in [-0.05, 0) is 30.9 Å². The summed E-state index contributed by atoms with van der Waals surface area (Å²) in [5.41, 5.74) is 2.58. The van der Waals surface area contributed by atoms with E-state index in [9.17, 15) is 0 Å². The molecule has 1 aliphatic rings. The van der Waals surface area contributed by atoms with Gasteiger partial charge in [0, 0.05) is 41.2 Å². The monoisotopic (exact) mass is 294 g/mol. The molecule has 0 aromatic carbocycles. The van der Waals surface area contributed by atoms with Crippen molar-refractivity contribution in [1.82, 2.24) is 20.3 Å². The summed E-state index contributed by atoms with van der Waals surface area (Å²) < 4.78 is 1.76. The first-order valence-corrected chi connectivity index (χ1v) is 8.45. The highest BCUT2D eigenvalue weighted by Crippen LogP contribution is 2.35. The maximum Gasteiger partial charge on any atom is 0.0846 e. The molecule has 0 fully saturated rings. The number of likely N-dealkylation sites (N-methyl/N-ethyl adjacent to an activating group) is 1. The van der Waals surface area contributed by atoms with Gasteiger partial charge < -0.3 is 5.32 Å². The predicted octanol–water partition coefficient (Wildman–Crippen LogP) is 2.17. The van der Waals surface area contributed by atoms with E-state index in [0.29, 0.717) is 6.04 Å². The van der Waals surface area contributed by atoms with Gasteiger partial charge in [-0.3, -0.25) is 4.68 Å². The standard InChI is InChI=1S/C13H18N4S2/c1-14-11(6-10-7-17(2)16-15-10)13-5-9-8-18-4-3-12(9)19-13/h5,7,11,14H,3-4,6,8H2,1-2H3. The third-order valence-electron chi connectivity index (χ3n) is 3.40. The number of aromatic nitrogens is 3. The Morgan fingerprint density at radius 1 is 1.53 bits per heavy atom. The first kappa shape index (κ1) is 13.1. The van der Waals surface area contributed by atoms with Crippen LogP contribution in [0, 0.1) is 0 Å². The van der Waals surface area contributed by atoms with Gasteiger partial charge in [-0.25, -0.2) is 0 Å². The highest BCUT2D eigenvalue weighted by atomic mass is 32.2. The molecule has 3 rings (SSSR count). The third-order valence-corrected chi connectivity index (χ3v) is 5.76. The number of nitrogens with one attached hydrogen (secondary N) is 1. The van der Waals surface area contributed by atoms with Crippen molar-refractivity contribution in [2.45, 2.75) is 24.6 Å². The fraction of sp³-hybridized carbons (Fsp3) is 0.538. The number of thioether (sulfide) groups is 1. The third kappa shape index (κ3) is 2.85. The van der Waals surface area contributed by atoms with Crippen molar-refractivity contribution in [3.05, 3.63) is 33.3 Å². The number of aryl methyl sites for hydroxylation is 2. The Hall–Kier alpha value is -0.850. The summed E-state index contributed by atoms with van der Waals surface area (Å²) in [4.78, 5) is 3.01. The van der Waals surface area contributed by atoms with Crippen LogP contribution < -0.4 is 5.32 Å². The van der Waals surface area contributed by atoms with Gasteiger partial charge in [0.25, 0.3) is 0 Å². The van der Waals surface area contributed by atoms with E-state index in [2.05, 4.69) is 21.7 Å². The van der Waals surface area contributed by atoms with Crippen molar-refractivity contribution in [3.63, 3.8) is 0 Å². The average Bonchev–Trinajstić information content (AvgIpc) is 3.01. The zero-order chi connectivity index (χ0) is 13.2. The van der Waals surface area contributed by atoms with Gasteiger partial charge >= 0.3 is 0 Å². The van der Waals surface area contributed by atoms with Crippen LogP contribution in [0.1, 0.15) is 27.1 Å². The molecule has 0 bridgehead atoms. The Kier molecular flexibility index (Phi) is 3.91. The zero-order valence-electron chi connectivity index (χ0n) is 11.2. The second kappa shape index (κ2) is 5.64. The highest BCUT2D eigenvalue weighted by molar-refractivity contribution is 7.98. The lowest BCUT2D eigenvalue weighted by molar-refractivity contribution is 0.593. The van der Waals surface area contributed by atoms with Gasteiger partial charge in [-0.1, -0.05) is 5.21 Å². The van der Waals surface area contributed by atoms with Gasteiger partial charge in [0.15, 0.2) is 0 Å². The molecule has 0 saturated heterocycles. The minimum atomic E-state index is 0.345. The van der Waals surface area contributed by atoms with Crippen molar-refractivity contribution in [2.75, 3.05) is 12.8 Å². The second-order valence-corrected chi connectivity index (χ2v) is 7.10. The molecule has 0 aliphatic carbocycles. The number of hydrogen-bond donors (Lipinski definition) is 1. The molecule has 0 saturated carbocycles. The Labute approximate surface area is 121 Å².